The van der Waals surface area contributed by atoms with E-state index in [9.17, 15) is 45.6 Å². The molecule has 9 N–H and O–H groups in total. The molecule has 2 rings (SSSR count). The number of allylic oxidation sites excluding steroid dienone is 9. The summed E-state index contributed by atoms with van der Waals surface area (Å²) in [4.78, 5) is 13.4. The van der Waals surface area contributed by atoms with Crippen molar-refractivity contribution in [2.24, 2.45) is 0 Å². The summed E-state index contributed by atoms with van der Waals surface area (Å²) in [7, 11) is 0. The van der Waals surface area contributed by atoms with E-state index in [-0.39, 0.29) is 18.9 Å². The van der Waals surface area contributed by atoms with E-state index in [1.807, 2.05) is 6.08 Å². The maximum atomic E-state index is 13.4. The normalized spacial score (nSPS) is 21.8. The van der Waals surface area contributed by atoms with Crippen molar-refractivity contribution in [3.05, 3.63) is 60.8 Å². The van der Waals surface area contributed by atoms with Gasteiger partial charge in [-0.2, -0.15) is 0 Å². The van der Waals surface area contributed by atoms with Crippen molar-refractivity contribution in [2.75, 3.05) is 19.8 Å². The van der Waals surface area contributed by atoms with Crippen LogP contribution < -0.4 is 5.32 Å². The van der Waals surface area contributed by atoms with Crippen molar-refractivity contribution < 1.29 is 64.6 Å². The molecule has 2 aliphatic rings. The monoisotopic (exact) mass is 1460 g/mol. The first-order chi connectivity index (χ1) is 50.6. The molecule has 0 spiro atoms. The Balaban J connectivity index is 1.57. The van der Waals surface area contributed by atoms with Gasteiger partial charge in [-0.05, 0) is 57.8 Å². The van der Waals surface area contributed by atoms with Gasteiger partial charge in [-0.25, -0.2) is 0 Å². The molecule has 2 saturated heterocycles. The molecule has 12 atom stereocenters. The molecule has 0 radical (unpaired) electrons. The van der Waals surface area contributed by atoms with Crippen molar-refractivity contribution in [1.29, 1.82) is 0 Å². The molecule has 2 heterocycles. The Morgan fingerprint density at radius 1 is 0.359 bits per heavy atom. The molecule has 0 aromatic heterocycles. The van der Waals surface area contributed by atoms with Crippen LogP contribution in [0.3, 0.4) is 0 Å². The zero-order valence-corrected chi connectivity index (χ0v) is 66.6. The highest BCUT2D eigenvalue weighted by Gasteiger charge is 2.51. The van der Waals surface area contributed by atoms with Crippen LogP contribution in [-0.2, 0) is 23.7 Å². The van der Waals surface area contributed by atoms with E-state index < -0.39 is 86.8 Å². The Bertz CT molecular complexity index is 1960. The number of unbranched alkanes of at least 4 members (excludes halogenated alkanes) is 54. The SMILES string of the molecule is CC/C=C\C/C=C\C/C=C\C/C=C\CCCCCCCCCCCCCCCCCCCCCCCCCCC(=O)NC(COC1OC(CO)C(OC2OC(CO)C(O)C(O)C2O)C(O)C1O)C(O)/C=C/CCCCCCCCCCCCCCCCCCCCCCCCCCCCCCCC. The van der Waals surface area contributed by atoms with Gasteiger partial charge in [0.15, 0.2) is 12.6 Å². The van der Waals surface area contributed by atoms with E-state index in [0.717, 1.165) is 64.2 Å². The summed E-state index contributed by atoms with van der Waals surface area (Å²) >= 11 is 0. The summed E-state index contributed by atoms with van der Waals surface area (Å²) in [6.45, 7) is 2.76. The van der Waals surface area contributed by atoms with E-state index >= 15 is 0 Å². The predicted molar refractivity (Wildman–Crippen MR) is 429 cm³/mol. The third-order valence-electron chi connectivity index (χ3n) is 21.5. The number of ether oxygens (including phenoxy) is 4. The molecule has 0 saturated carbocycles. The van der Waals surface area contributed by atoms with E-state index in [2.05, 4.69) is 67.8 Å². The number of aliphatic hydroxyl groups excluding tert-OH is 8. The maximum absolute atomic E-state index is 13.4. The number of amides is 1. The van der Waals surface area contributed by atoms with Crippen molar-refractivity contribution >= 4 is 5.91 Å². The van der Waals surface area contributed by atoms with Gasteiger partial charge in [0.1, 0.15) is 48.8 Å². The van der Waals surface area contributed by atoms with Crippen molar-refractivity contribution in [3.8, 4) is 0 Å². The fraction of sp³-hybridized carbons (Fsp3) is 0.876. The maximum Gasteiger partial charge on any atom is 0.220 e. The quantitative estimate of drug-likeness (QED) is 0.0204. The number of hydrogen-bond donors (Lipinski definition) is 9. The third kappa shape index (κ3) is 54.9. The molecule has 14 nitrogen and oxygen atoms in total. The number of aliphatic hydroxyl groups is 8. The number of rotatable bonds is 75. The zero-order chi connectivity index (χ0) is 74.4. The van der Waals surface area contributed by atoms with Crippen LogP contribution >= 0.6 is 0 Å². The fourth-order valence-electron chi connectivity index (χ4n) is 14.6. The molecule has 14 heteroatoms. The van der Waals surface area contributed by atoms with Gasteiger partial charge in [-0.1, -0.05) is 402 Å². The molecule has 0 aromatic carbocycles. The number of hydrogen-bond acceptors (Lipinski definition) is 13. The van der Waals surface area contributed by atoms with Gasteiger partial charge in [0.25, 0.3) is 0 Å². The Morgan fingerprint density at radius 3 is 1.03 bits per heavy atom. The molecule has 2 aliphatic heterocycles. The van der Waals surface area contributed by atoms with Crippen LogP contribution in [0, 0.1) is 0 Å². The highest BCUT2D eigenvalue weighted by Crippen LogP contribution is 2.31. The van der Waals surface area contributed by atoms with Gasteiger partial charge in [-0.15, -0.1) is 0 Å². The summed E-state index contributed by atoms with van der Waals surface area (Å²) in [6.07, 6.45) is 83.3. The van der Waals surface area contributed by atoms with Crippen molar-refractivity contribution in [2.45, 2.75) is 479 Å². The van der Waals surface area contributed by atoms with Crippen LogP contribution in [0.25, 0.3) is 0 Å². The minimum Gasteiger partial charge on any atom is -0.394 e. The summed E-state index contributed by atoms with van der Waals surface area (Å²) in [5.41, 5.74) is 0. The average Bonchev–Trinajstić information content (AvgIpc) is 0.791. The van der Waals surface area contributed by atoms with E-state index in [1.54, 1.807) is 6.08 Å². The van der Waals surface area contributed by atoms with Crippen molar-refractivity contribution in [3.63, 3.8) is 0 Å². The third-order valence-corrected chi connectivity index (χ3v) is 21.5. The molecule has 2 fully saturated rings. The number of carbonyl (C=O) groups is 1. The van der Waals surface area contributed by atoms with Gasteiger partial charge < -0.3 is 65.1 Å². The number of nitrogens with one attached hydrogen (secondary N) is 1. The molecule has 604 valence electrons. The second kappa shape index (κ2) is 72.5. The molecule has 0 bridgehead atoms. The van der Waals surface area contributed by atoms with Crippen LogP contribution in [0.1, 0.15) is 406 Å². The lowest BCUT2D eigenvalue weighted by atomic mass is 9.97. The van der Waals surface area contributed by atoms with Crippen molar-refractivity contribution in [1.82, 2.24) is 5.32 Å². The first-order valence-electron chi connectivity index (χ1n) is 44.0. The molecule has 1 amide bonds. The minimum atomic E-state index is -1.79. The highest BCUT2D eigenvalue weighted by molar-refractivity contribution is 5.76. The molecule has 0 aliphatic carbocycles. The highest BCUT2D eigenvalue weighted by atomic mass is 16.7. The zero-order valence-electron chi connectivity index (χ0n) is 66.6. The lowest BCUT2D eigenvalue weighted by Gasteiger charge is -2.46. The Morgan fingerprint density at radius 2 is 0.670 bits per heavy atom. The first-order valence-corrected chi connectivity index (χ1v) is 44.0. The van der Waals surface area contributed by atoms with E-state index in [1.165, 1.54) is 315 Å². The summed E-state index contributed by atoms with van der Waals surface area (Å²) < 4.78 is 23.0. The number of carbonyl (C=O) groups excluding carboxylic acids is 1. The molecule has 12 unspecified atom stereocenters. The molecular formula is C89H165NO13. The minimum absolute atomic E-state index is 0.231. The van der Waals surface area contributed by atoms with Crippen LogP contribution in [0.5, 0.6) is 0 Å². The van der Waals surface area contributed by atoms with Crippen LogP contribution in [0.4, 0.5) is 0 Å². The van der Waals surface area contributed by atoms with Gasteiger partial charge in [-0.3, -0.25) is 4.79 Å². The van der Waals surface area contributed by atoms with Gasteiger partial charge in [0, 0.05) is 6.42 Å². The Labute approximate surface area is 632 Å². The van der Waals surface area contributed by atoms with Gasteiger partial charge >= 0.3 is 0 Å². The summed E-state index contributed by atoms with van der Waals surface area (Å²) in [5, 5.41) is 87.9. The topological polar surface area (TPSA) is 228 Å². The van der Waals surface area contributed by atoms with Crippen LogP contribution in [0.15, 0.2) is 60.8 Å². The standard InChI is InChI=1S/C89H165NO13/c1-3-5-7-9-11-13-15-17-19-21-23-25-27-29-31-33-35-37-38-39-40-41-43-45-47-49-51-53-55-57-59-61-63-65-67-69-71-73-81(94)90-77(76-100-88-86(99)84(97)87(80(75-92)102-88)103-89-85(98)83(96)82(95)79(74-91)101-89)78(93)72-70-68-66-64-62-60-58-56-54-52-50-48-46-44-42-36-34-32-30-28-26-24-22-20-18-16-14-12-10-8-6-4-2/h5,7,11,13,17,19,23,25,70,72,77-80,82-89,91-93,95-99H,3-4,6,8-10,12,14-16,18,20-22,24,26-69,71,73-76H2,1-2H3,(H,90,94)/b7-5-,13-11-,19-17-,25-23-,72-70+. The molecule has 0 aromatic rings. The fourth-order valence-corrected chi connectivity index (χ4v) is 14.6. The summed E-state index contributed by atoms with van der Waals surface area (Å²) in [5.74, 6) is -0.231. The lowest BCUT2D eigenvalue weighted by Crippen LogP contribution is -2.65. The first kappa shape index (κ1) is 96.8. The van der Waals surface area contributed by atoms with Gasteiger partial charge in [0.05, 0.1) is 32.0 Å². The van der Waals surface area contributed by atoms with E-state index in [4.69, 9.17) is 18.9 Å². The Kier molecular flexibility index (Phi) is 68.2. The van der Waals surface area contributed by atoms with Gasteiger partial charge in [0.2, 0.25) is 5.91 Å². The Hall–Kier alpha value is -2.31. The second-order valence-corrected chi connectivity index (χ2v) is 31.0. The van der Waals surface area contributed by atoms with E-state index in [0.29, 0.717) is 6.42 Å². The summed E-state index contributed by atoms with van der Waals surface area (Å²) in [6, 6.07) is -0.917. The molecular weight excluding hydrogens is 1290 g/mol. The smallest absolute Gasteiger partial charge is 0.220 e. The second-order valence-electron chi connectivity index (χ2n) is 31.0. The average molecular weight is 1460 g/mol. The lowest BCUT2D eigenvalue weighted by molar-refractivity contribution is -0.359. The molecule has 103 heavy (non-hydrogen) atoms. The van der Waals surface area contributed by atoms with Crippen LogP contribution in [-0.4, -0.2) is 140 Å². The predicted octanol–water partition coefficient (Wildman–Crippen LogP) is 21.1. The largest absolute Gasteiger partial charge is 0.394 e. The van der Waals surface area contributed by atoms with Crippen LogP contribution in [0.2, 0.25) is 0 Å².